The Bertz CT molecular complexity index is 716. The Hall–Kier alpha value is -2.25. The maximum absolute atomic E-state index is 12.8. The molecule has 1 aromatic carbocycles. The minimum Gasteiger partial charge on any atom is -0.374 e. The van der Waals surface area contributed by atoms with Crippen molar-refractivity contribution in [2.45, 2.75) is 19.1 Å². The maximum Gasteiger partial charge on any atom is 0.324 e. The highest BCUT2D eigenvalue weighted by Gasteiger charge is 2.33. The molecule has 6 nitrogen and oxygen atoms in total. The van der Waals surface area contributed by atoms with Gasteiger partial charge in [-0.25, -0.2) is 0 Å². The highest BCUT2D eigenvalue weighted by atomic mass is 32.1. The van der Waals surface area contributed by atoms with Gasteiger partial charge < -0.3 is 9.64 Å². The summed E-state index contributed by atoms with van der Waals surface area (Å²) in [5.74, 6) is -0.188. The molecule has 1 fully saturated rings. The number of amides is 1. The smallest absolute Gasteiger partial charge is 0.324 e. The molecule has 120 valence electrons. The summed E-state index contributed by atoms with van der Waals surface area (Å²) in [6, 6.07) is 12.4. The number of nitro groups is 1. The van der Waals surface area contributed by atoms with E-state index in [2.05, 4.69) is 0 Å². The maximum atomic E-state index is 12.8. The van der Waals surface area contributed by atoms with Gasteiger partial charge in [-0.15, -0.1) is 0 Å². The van der Waals surface area contributed by atoms with Gasteiger partial charge >= 0.3 is 5.00 Å². The third-order valence-electron chi connectivity index (χ3n) is 3.80. The Morgan fingerprint density at radius 2 is 2.04 bits per heavy atom. The van der Waals surface area contributed by atoms with Crippen LogP contribution in [0.15, 0.2) is 42.5 Å². The zero-order valence-corrected chi connectivity index (χ0v) is 13.4. The molecule has 0 bridgehead atoms. The Labute approximate surface area is 137 Å². The Morgan fingerprint density at radius 1 is 1.30 bits per heavy atom. The van der Waals surface area contributed by atoms with Crippen LogP contribution >= 0.6 is 11.3 Å². The number of nitrogens with zero attached hydrogens (tertiary/aromatic N) is 2. The number of hydrogen-bond donors (Lipinski definition) is 0. The first-order valence-corrected chi connectivity index (χ1v) is 8.09. The quantitative estimate of drug-likeness (QED) is 0.639. The molecule has 23 heavy (non-hydrogen) atoms. The average Bonchev–Trinajstić information content (AvgIpc) is 3.05. The van der Waals surface area contributed by atoms with Crippen LogP contribution in [-0.4, -0.2) is 35.0 Å². The van der Waals surface area contributed by atoms with Crippen molar-refractivity contribution in [3.63, 3.8) is 0 Å². The monoisotopic (exact) mass is 332 g/mol. The third kappa shape index (κ3) is 3.25. The lowest BCUT2D eigenvalue weighted by Gasteiger charge is -2.38. The average molecular weight is 332 g/mol. The van der Waals surface area contributed by atoms with Crippen LogP contribution in [0.2, 0.25) is 0 Å². The van der Waals surface area contributed by atoms with Crippen LogP contribution in [0.25, 0.3) is 0 Å². The van der Waals surface area contributed by atoms with Gasteiger partial charge in [-0.1, -0.05) is 41.7 Å². The lowest BCUT2D eigenvalue weighted by Crippen LogP contribution is -2.46. The summed E-state index contributed by atoms with van der Waals surface area (Å²) in [6.45, 7) is 2.80. The lowest BCUT2D eigenvalue weighted by molar-refractivity contribution is -0.380. The van der Waals surface area contributed by atoms with Crippen molar-refractivity contribution in [2.75, 3.05) is 13.2 Å². The van der Waals surface area contributed by atoms with Crippen LogP contribution < -0.4 is 0 Å². The van der Waals surface area contributed by atoms with Gasteiger partial charge in [0.05, 0.1) is 28.6 Å². The predicted octanol–water partition coefficient (Wildman–Crippen LogP) is 3.26. The van der Waals surface area contributed by atoms with Crippen LogP contribution in [0.4, 0.5) is 5.00 Å². The summed E-state index contributed by atoms with van der Waals surface area (Å²) in [4.78, 5) is 25.3. The van der Waals surface area contributed by atoms with Crippen LogP contribution in [-0.2, 0) is 4.74 Å². The number of ether oxygens (including phenoxy) is 1. The predicted molar refractivity (Wildman–Crippen MR) is 86.6 cm³/mol. The van der Waals surface area contributed by atoms with E-state index in [0.717, 1.165) is 16.9 Å². The molecule has 2 aromatic rings. The fraction of sp³-hybridized carbons (Fsp3) is 0.312. The van der Waals surface area contributed by atoms with Gasteiger partial charge in [0, 0.05) is 12.6 Å². The van der Waals surface area contributed by atoms with E-state index in [4.69, 9.17) is 4.74 Å². The van der Waals surface area contributed by atoms with Crippen molar-refractivity contribution in [3.05, 3.63) is 63.0 Å². The summed E-state index contributed by atoms with van der Waals surface area (Å²) in [7, 11) is 0. The second-order valence-corrected chi connectivity index (χ2v) is 6.49. The summed E-state index contributed by atoms with van der Waals surface area (Å²) >= 11 is 0.910. The first kappa shape index (κ1) is 15.6. The van der Waals surface area contributed by atoms with Crippen LogP contribution in [0.5, 0.6) is 0 Å². The number of benzene rings is 1. The molecule has 0 N–H and O–H groups in total. The molecule has 2 heterocycles. The third-order valence-corrected chi connectivity index (χ3v) is 4.82. The van der Waals surface area contributed by atoms with Gasteiger partial charge in [0.15, 0.2) is 0 Å². The second kappa shape index (κ2) is 6.47. The number of carbonyl (C=O) groups excluding carboxylic acids is 1. The summed E-state index contributed by atoms with van der Waals surface area (Å²) < 4.78 is 5.71. The van der Waals surface area contributed by atoms with Gasteiger partial charge in [0.2, 0.25) is 0 Å². The van der Waals surface area contributed by atoms with Gasteiger partial charge in [0.1, 0.15) is 0 Å². The van der Waals surface area contributed by atoms with Crippen molar-refractivity contribution < 1.29 is 14.5 Å². The first-order valence-electron chi connectivity index (χ1n) is 7.28. The molecular weight excluding hydrogens is 316 g/mol. The molecule has 1 amide bonds. The molecule has 0 saturated carbocycles. The van der Waals surface area contributed by atoms with E-state index >= 15 is 0 Å². The molecule has 0 aliphatic carbocycles. The highest BCUT2D eigenvalue weighted by molar-refractivity contribution is 7.17. The molecule has 1 aromatic heterocycles. The minimum absolute atomic E-state index is 0.0223. The summed E-state index contributed by atoms with van der Waals surface area (Å²) in [6.07, 6.45) is -0.0612. The Kier molecular flexibility index (Phi) is 4.40. The minimum atomic E-state index is -0.474. The van der Waals surface area contributed by atoms with E-state index in [1.807, 2.05) is 37.3 Å². The van der Waals surface area contributed by atoms with Gasteiger partial charge in [-0.05, 0) is 18.6 Å². The largest absolute Gasteiger partial charge is 0.374 e. The molecular formula is C16H16N2O4S. The molecule has 1 saturated heterocycles. The molecule has 1 aliphatic heterocycles. The molecule has 0 spiro atoms. The molecule has 7 heteroatoms. The van der Waals surface area contributed by atoms with E-state index < -0.39 is 4.92 Å². The SMILES string of the molecule is C[C@H]1CN(C(=O)c2ccc([N+](=O)[O-])s2)[C@@H](c2ccccc2)CO1. The van der Waals surface area contributed by atoms with Gasteiger partial charge in [-0.3, -0.25) is 14.9 Å². The molecule has 0 unspecified atom stereocenters. The van der Waals surface area contributed by atoms with E-state index in [1.165, 1.54) is 12.1 Å². The molecule has 1 aliphatic rings. The Morgan fingerprint density at radius 3 is 2.70 bits per heavy atom. The fourth-order valence-electron chi connectivity index (χ4n) is 2.66. The number of carbonyl (C=O) groups is 1. The number of hydrogen-bond acceptors (Lipinski definition) is 5. The van der Waals surface area contributed by atoms with E-state index in [1.54, 1.807) is 4.90 Å². The number of rotatable bonds is 3. The van der Waals surface area contributed by atoms with Crippen LogP contribution in [0.3, 0.4) is 0 Å². The molecule has 0 radical (unpaired) electrons. The second-order valence-electron chi connectivity index (χ2n) is 5.42. The fourth-order valence-corrected chi connectivity index (χ4v) is 3.44. The Balaban J connectivity index is 1.89. The normalized spacial score (nSPS) is 21.2. The van der Waals surface area contributed by atoms with Crippen LogP contribution in [0.1, 0.15) is 28.2 Å². The highest BCUT2D eigenvalue weighted by Crippen LogP contribution is 2.31. The van der Waals surface area contributed by atoms with E-state index in [9.17, 15) is 14.9 Å². The summed E-state index contributed by atoms with van der Waals surface area (Å²) in [5.41, 5.74) is 0.999. The van der Waals surface area contributed by atoms with Crippen molar-refractivity contribution in [3.8, 4) is 0 Å². The molecule has 3 rings (SSSR count). The zero-order chi connectivity index (χ0) is 16.4. The van der Waals surface area contributed by atoms with E-state index in [0.29, 0.717) is 18.0 Å². The van der Waals surface area contributed by atoms with E-state index in [-0.39, 0.29) is 23.1 Å². The van der Waals surface area contributed by atoms with Crippen molar-refractivity contribution in [1.29, 1.82) is 0 Å². The zero-order valence-electron chi connectivity index (χ0n) is 12.5. The lowest BCUT2D eigenvalue weighted by atomic mass is 10.0. The van der Waals surface area contributed by atoms with Crippen molar-refractivity contribution in [1.82, 2.24) is 4.90 Å². The van der Waals surface area contributed by atoms with Gasteiger partial charge in [0.25, 0.3) is 5.91 Å². The summed E-state index contributed by atoms with van der Waals surface area (Å²) in [5, 5.41) is 10.8. The van der Waals surface area contributed by atoms with Crippen molar-refractivity contribution >= 4 is 22.2 Å². The topological polar surface area (TPSA) is 72.7 Å². The van der Waals surface area contributed by atoms with Gasteiger partial charge in [-0.2, -0.15) is 0 Å². The molecule has 2 atom stereocenters. The number of thiophene rings is 1. The first-order chi connectivity index (χ1) is 11.1. The van der Waals surface area contributed by atoms with Crippen LogP contribution in [0, 0.1) is 10.1 Å². The number of morpholine rings is 1. The van der Waals surface area contributed by atoms with Crippen molar-refractivity contribution in [2.24, 2.45) is 0 Å². The standard InChI is InChI=1S/C16H16N2O4S/c1-11-9-17(13(10-22-11)12-5-3-2-4-6-12)16(19)14-7-8-15(23-14)18(20)21/h2-8,11,13H,9-10H2,1H3/t11-,13+/m0/s1.